The molecule has 3 nitrogen and oxygen atoms in total. The molecule has 29 heavy (non-hydrogen) atoms. The van der Waals surface area contributed by atoms with E-state index in [1.165, 1.54) is 0 Å². The van der Waals surface area contributed by atoms with Gasteiger partial charge in [0.2, 0.25) is 0 Å². The van der Waals surface area contributed by atoms with E-state index in [-0.39, 0.29) is 5.91 Å². The molecule has 0 saturated carbocycles. The van der Waals surface area contributed by atoms with Crippen molar-refractivity contribution in [2.45, 2.75) is 6.92 Å². The summed E-state index contributed by atoms with van der Waals surface area (Å²) >= 11 is 3.46. The summed E-state index contributed by atoms with van der Waals surface area (Å²) in [5.74, 6) is -0.260. The molecule has 3 aromatic rings. The minimum Gasteiger partial charge on any atom is -0.267 e. The van der Waals surface area contributed by atoms with Crippen molar-refractivity contribution in [3.05, 3.63) is 118 Å². The predicted molar refractivity (Wildman–Crippen MR) is 125 cm³/mol. The number of aryl methyl sites for hydroxylation is 1. The summed E-state index contributed by atoms with van der Waals surface area (Å²) in [5, 5.41) is 4.31. The molecular weight excluding hydrogens is 424 g/mol. The monoisotopic (exact) mass is 444 g/mol. The van der Waals surface area contributed by atoms with Gasteiger partial charge in [-0.3, -0.25) is 4.79 Å². The number of halogens is 1. The average molecular weight is 445 g/mol. The van der Waals surface area contributed by atoms with Crippen molar-refractivity contribution in [2.75, 3.05) is 0 Å². The molecule has 144 valence electrons. The van der Waals surface area contributed by atoms with E-state index in [9.17, 15) is 4.79 Å². The van der Waals surface area contributed by atoms with Crippen molar-refractivity contribution in [2.24, 2.45) is 5.10 Å². The smallest absolute Gasteiger partial charge is 0.267 e. The maximum Gasteiger partial charge on any atom is 0.271 e. The lowest BCUT2D eigenvalue weighted by atomic mass is 10.1. The Morgan fingerprint density at radius 1 is 0.862 bits per heavy atom. The van der Waals surface area contributed by atoms with Crippen molar-refractivity contribution < 1.29 is 4.79 Å². The third-order valence-electron chi connectivity index (χ3n) is 4.21. The number of hydrazone groups is 1. The zero-order valence-corrected chi connectivity index (χ0v) is 17.6. The Hall–Kier alpha value is -3.24. The van der Waals surface area contributed by atoms with E-state index in [0.717, 1.165) is 21.2 Å². The van der Waals surface area contributed by atoms with Gasteiger partial charge in [0.25, 0.3) is 5.91 Å². The molecule has 1 amide bonds. The van der Waals surface area contributed by atoms with Gasteiger partial charge in [0.05, 0.1) is 5.71 Å². The third kappa shape index (κ3) is 6.40. The van der Waals surface area contributed by atoms with Crippen molar-refractivity contribution in [1.82, 2.24) is 5.43 Å². The number of carbonyl (C=O) groups is 1. The fraction of sp³-hybridized carbons (Fsp3) is 0.0400. The summed E-state index contributed by atoms with van der Waals surface area (Å²) in [5.41, 5.74) is 7.01. The molecule has 0 radical (unpaired) electrons. The molecule has 0 aliphatic heterocycles. The minimum atomic E-state index is -0.260. The number of carbonyl (C=O) groups excluding carboxylic acids is 1. The topological polar surface area (TPSA) is 41.5 Å². The number of hydrogen-bond donors (Lipinski definition) is 1. The second-order valence-corrected chi connectivity index (χ2v) is 7.28. The number of nitrogens with zero attached hydrogens (tertiary/aromatic N) is 1. The summed E-state index contributed by atoms with van der Waals surface area (Å²) in [6.45, 7) is 1.98. The molecule has 0 unspecified atom stereocenters. The summed E-state index contributed by atoms with van der Waals surface area (Å²) in [6, 6.07) is 25.4. The molecule has 3 rings (SSSR count). The highest BCUT2D eigenvalue weighted by Crippen LogP contribution is 2.17. The van der Waals surface area contributed by atoms with E-state index in [1.807, 2.05) is 98.0 Å². The number of rotatable bonds is 6. The molecule has 0 spiro atoms. The van der Waals surface area contributed by atoms with Gasteiger partial charge in [-0.05, 0) is 47.9 Å². The molecule has 4 heteroatoms. The van der Waals surface area contributed by atoms with Crippen LogP contribution in [0.1, 0.15) is 27.0 Å². The number of hydrogen-bond acceptors (Lipinski definition) is 2. The summed E-state index contributed by atoms with van der Waals surface area (Å²) in [7, 11) is 0. The van der Waals surface area contributed by atoms with Crippen LogP contribution in [0, 0.1) is 6.92 Å². The average Bonchev–Trinajstić information content (AvgIpc) is 2.76. The Balaban J connectivity index is 1.80. The lowest BCUT2D eigenvalue weighted by Crippen LogP contribution is -2.19. The van der Waals surface area contributed by atoms with E-state index in [1.54, 1.807) is 12.1 Å². The van der Waals surface area contributed by atoms with Gasteiger partial charge in [0.1, 0.15) is 0 Å². The molecule has 0 aliphatic rings. The van der Waals surface area contributed by atoms with E-state index in [4.69, 9.17) is 0 Å². The van der Waals surface area contributed by atoms with E-state index >= 15 is 0 Å². The first-order chi connectivity index (χ1) is 14.1. The second kappa shape index (κ2) is 10.3. The Morgan fingerprint density at radius 2 is 1.41 bits per heavy atom. The molecule has 0 heterocycles. The third-order valence-corrected chi connectivity index (χ3v) is 5.07. The molecule has 0 saturated heterocycles. The molecule has 3 aromatic carbocycles. The highest BCUT2D eigenvalue weighted by Gasteiger charge is 2.06. The van der Waals surface area contributed by atoms with Crippen LogP contribution in [0.15, 0.2) is 101 Å². The van der Waals surface area contributed by atoms with Gasteiger partial charge >= 0.3 is 0 Å². The maximum atomic E-state index is 12.5. The van der Waals surface area contributed by atoms with E-state index in [0.29, 0.717) is 11.3 Å². The molecular formula is C25H21BrN2O. The van der Waals surface area contributed by atoms with Gasteiger partial charge in [-0.1, -0.05) is 94.8 Å². The van der Waals surface area contributed by atoms with Crippen LogP contribution in [0.3, 0.4) is 0 Å². The lowest BCUT2D eigenvalue weighted by molar-refractivity contribution is 0.0955. The van der Waals surface area contributed by atoms with Gasteiger partial charge < -0.3 is 0 Å². The fourth-order valence-corrected chi connectivity index (χ4v) is 2.91. The molecule has 0 aliphatic carbocycles. The number of allylic oxidation sites excluding steroid dienone is 2. The van der Waals surface area contributed by atoms with Crippen LogP contribution < -0.4 is 5.43 Å². The summed E-state index contributed by atoms with van der Waals surface area (Å²) < 4.78 is 0.891. The number of benzene rings is 3. The second-order valence-electron chi connectivity index (χ2n) is 6.43. The molecule has 0 atom stereocenters. The van der Waals surface area contributed by atoms with Gasteiger partial charge in [-0.15, -0.1) is 0 Å². The Kier molecular flexibility index (Phi) is 7.31. The molecule has 0 bridgehead atoms. The van der Waals surface area contributed by atoms with E-state index < -0.39 is 0 Å². The maximum absolute atomic E-state index is 12.5. The first-order valence-corrected chi connectivity index (χ1v) is 10.0. The van der Waals surface area contributed by atoms with Gasteiger partial charge in [0.15, 0.2) is 0 Å². The van der Waals surface area contributed by atoms with Crippen molar-refractivity contribution in [3.8, 4) is 0 Å². The highest BCUT2D eigenvalue weighted by atomic mass is 79.9. The van der Waals surface area contributed by atoms with Crippen LogP contribution >= 0.6 is 15.9 Å². The van der Waals surface area contributed by atoms with Crippen LogP contribution in [0.2, 0.25) is 0 Å². The standard InChI is InChI=1S/C25H21BrN2O/c1-19-12-15-22(18-24(19)26)25(29)28-27-23(16-13-20-8-4-2-5-9-20)17-14-21-10-6-3-7-11-21/h2-18H,1H3,(H,28,29). The zero-order valence-electron chi connectivity index (χ0n) is 16.0. The normalized spacial score (nSPS) is 11.0. The van der Waals surface area contributed by atoms with Crippen LogP contribution in [0.4, 0.5) is 0 Å². The van der Waals surface area contributed by atoms with Crippen molar-refractivity contribution >= 4 is 39.7 Å². The SMILES string of the molecule is Cc1ccc(C(=O)NN=C(C=Cc2ccccc2)C=Cc2ccccc2)cc1Br. The van der Waals surface area contributed by atoms with Crippen LogP contribution in [-0.2, 0) is 0 Å². The Morgan fingerprint density at radius 3 is 1.93 bits per heavy atom. The van der Waals surface area contributed by atoms with Gasteiger partial charge in [-0.2, -0.15) is 5.10 Å². The van der Waals surface area contributed by atoms with Crippen LogP contribution in [0.5, 0.6) is 0 Å². The largest absolute Gasteiger partial charge is 0.271 e. The predicted octanol–water partition coefficient (Wildman–Crippen LogP) is 6.27. The van der Waals surface area contributed by atoms with E-state index in [2.05, 4.69) is 26.5 Å². The summed E-state index contributed by atoms with van der Waals surface area (Å²) in [4.78, 5) is 12.5. The van der Waals surface area contributed by atoms with Crippen LogP contribution in [-0.4, -0.2) is 11.6 Å². The fourth-order valence-electron chi connectivity index (χ4n) is 2.54. The quantitative estimate of drug-likeness (QED) is 0.353. The zero-order chi connectivity index (χ0) is 20.5. The highest BCUT2D eigenvalue weighted by molar-refractivity contribution is 9.10. The first kappa shape index (κ1) is 20.5. The molecule has 1 N–H and O–H groups in total. The van der Waals surface area contributed by atoms with Crippen molar-refractivity contribution in [1.29, 1.82) is 0 Å². The molecule has 0 fully saturated rings. The summed E-state index contributed by atoms with van der Waals surface area (Å²) in [6.07, 6.45) is 7.67. The van der Waals surface area contributed by atoms with Crippen molar-refractivity contribution in [3.63, 3.8) is 0 Å². The Bertz CT molecular complexity index is 1000. The molecule has 0 aromatic heterocycles. The lowest BCUT2D eigenvalue weighted by Gasteiger charge is -2.04. The minimum absolute atomic E-state index is 0.260. The van der Waals surface area contributed by atoms with Crippen LogP contribution in [0.25, 0.3) is 12.2 Å². The van der Waals surface area contributed by atoms with Gasteiger partial charge in [0, 0.05) is 10.0 Å². The first-order valence-electron chi connectivity index (χ1n) is 9.22. The van der Waals surface area contributed by atoms with Gasteiger partial charge in [-0.25, -0.2) is 5.43 Å². The number of nitrogens with one attached hydrogen (secondary N) is 1. The number of amides is 1. The Labute approximate surface area is 179 Å².